The Balaban J connectivity index is 1.50. The van der Waals surface area contributed by atoms with Crippen LogP contribution in [0.5, 0.6) is 17.2 Å². The molecule has 0 saturated carbocycles. The highest BCUT2D eigenvalue weighted by Gasteiger charge is 2.15. The smallest absolute Gasteiger partial charge is 0.313 e. The summed E-state index contributed by atoms with van der Waals surface area (Å²) in [4.78, 5) is 11.6. The van der Waals surface area contributed by atoms with E-state index in [9.17, 15) is 4.79 Å². The number of fused-ring (bicyclic) bond motifs is 1. The molecule has 0 atom stereocenters. The van der Waals surface area contributed by atoms with E-state index in [4.69, 9.17) is 18.7 Å². The lowest BCUT2D eigenvalue weighted by Crippen LogP contribution is -2.14. The van der Waals surface area contributed by atoms with Gasteiger partial charge in [-0.1, -0.05) is 39.3 Å². The van der Waals surface area contributed by atoms with Gasteiger partial charge in [-0.15, -0.1) is 0 Å². The van der Waals surface area contributed by atoms with Crippen molar-refractivity contribution in [3.8, 4) is 17.2 Å². The zero-order valence-electron chi connectivity index (χ0n) is 18.8. The van der Waals surface area contributed by atoms with E-state index in [0.29, 0.717) is 19.0 Å². The van der Waals surface area contributed by atoms with Gasteiger partial charge in [-0.3, -0.25) is 4.79 Å². The van der Waals surface area contributed by atoms with Crippen LogP contribution in [0.2, 0.25) is 0 Å². The van der Waals surface area contributed by atoms with E-state index in [1.807, 2.05) is 12.1 Å². The van der Waals surface area contributed by atoms with Crippen LogP contribution >= 0.6 is 0 Å². The molecule has 0 N–H and O–H groups in total. The number of aryl methyl sites for hydroxylation is 2. The first-order valence-electron chi connectivity index (χ1n) is 11.0. The summed E-state index contributed by atoms with van der Waals surface area (Å²) in [5.41, 5.74) is 2.91. The molecule has 2 aromatic carbocycles. The molecule has 0 aliphatic rings. The number of carbonyl (C=O) groups is 1. The Morgan fingerprint density at radius 1 is 1.00 bits per heavy atom. The van der Waals surface area contributed by atoms with Crippen molar-refractivity contribution >= 4 is 16.9 Å². The average molecular weight is 426 g/mol. The van der Waals surface area contributed by atoms with Crippen LogP contribution in [0.3, 0.4) is 0 Å². The van der Waals surface area contributed by atoms with E-state index in [1.54, 1.807) is 38.1 Å². The van der Waals surface area contributed by atoms with Crippen molar-refractivity contribution in [2.75, 3.05) is 13.2 Å². The normalized spacial score (nSPS) is 11.1. The first kappa shape index (κ1) is 22.7. The van der Waals surface area contributed by atoms with E-state index in [2.05, 4.69) is 19.0 Å². The SMILES string of the molecule is CCCc1c(OCCCOc2ccc(OC(=O)C(C)C)cc2)ccc2c(CC)noc12. The van der Waals surface area contributed by atoms with Gasteiger partial charge < -0.3 is 18.7 Å². The first-order valence-corrected chi connectivity index (χ1v) is 11.0. The number of carbonyl (C=O) groups excluding carboxylic acids is 1. The van der Waals surface area contributed by atoms with Gasteiger partial charge in [0.2, 0.25) is 0 Å². The zero-order valence-corrected chi connectivity index (χ0v) is 18.8. The number of hydrogen-bond donors (Lipinski definition) is 0. The third kappa shape index (κ3) is 5.78. The summed E-state index contributed by atoms with van der Waals surface area (Å²) >= 11 is 0. The van der Waals surface area contributed by atoms with E-state index in [-0.39, 0.29) is 11.9 Å². The minimum absolute atomic E-state index is 0.160. The molecule has 0 amide bonds. The van der Waals surface area contributed by atoms with Crippen LogP contribution in [0, 0.1) is 5.92 Å². The van der Waals surface area contributed by atoms with Gasteiger partial charge in [0.1, 0.15) is 17.2 Å². The fourth-order valence-corrected chi connectivity index (χ4v) is 3.24. The highest BCUT2D eigenvalue weighted by atomic mass is 16.5. The Bertz CT molecular complexity index is 991. The summed E-state index contributed by atoms with van der Waals surface area (Å²) in [5.74, 6) is 1.69. The van der Waals surface area contributed by atoms with Gasteiger partial charge in [-0.25, -0.2) is 0 Å². The third-order valence-electron chi connectivity index (χ3n) is 4.94. The van der Waals surface area contributed by atoms with Gasteiger partial charge >= 0.3 is 5.97 Å². The van der Waals surface area contributed by atoms with Crippen LogP contribution in [-0.2, 0) is 17.6 Å². The van der Waals surface area contributed by atoms with Crippen LogP contribution < -0.4 is 14.2 Å². The fraction of sp³-hybridized carbons (Fsp3) is 0.440. The number of aromatic nitrogens is 1. The van der Waals surface area contributed by atoms with E-state index < -0.39 is 0 Å². The van der Waals surface area contributed by atoms with Crippen molar-refractivity contribution in [3.05, 3.63) is 47.7 Å². The van der Waals surface area contributed by atoms with E-state index in [0.717, 1.165) is 59.4 Å². The van der Waals surface area contributed by atoms with Crippen molar-refractivity contribution in [1.82, 2.24) is 5.16 Å². The second-order valence-electron chi connectivity index (χ2n) is 7.75. The minimum Gasteiger partial charge on any atom is -0.493 e. The average Bonchev–Trinajstić information content (AvgIpc) is 3.19. The molecule has 6 heteroatoms. The molecule has 0 saturated heterocycles. The molecule has 0 fully saturated rings. The summed E-state index contributed by atoms with van der Waals surface area (Å²) in [5, 5.41) is 5.27. The van der Waals surface area contributed by atoms with Crippen molar-refractivity contribution < 1.29 is 23.5 Å². The minimum atomic E-state index is -0.248. The van der Waals surface area contributed by atoms with Crippen LogP contribution in [0.1, 0.15) is 51.8 Å². The number of benzene rings is 2. The summed E-state index contributed by atoms with van der Waals surface area (Å²) in [6, 6.07) is 11.1. The molecular formula is C25H31NO5. The third-order valence-corrected chi connectivity index (χ3v) is 4.94. The summed E-state index contributed by atoms with van der Waals surface area (Å²) in [6.45, 7) is 8.90. The Morgan fingerprint density at radius 2 is 1.71 bits per heavy atom. The topological polar surface area (TPSA) is 70.8 Å². The molecule has 1 aromatic heterocycles. The van der Waals surface area contributed by atoms with Crippen molar-refractivity contribution in [1.29, 1.82) is 0 Å². The molecule has 31 heavy (non-hydrogen) atoms. The van der Waals surface area contributed by atoms with Gasteiger partial charge in [-0.05, 0) is 49.2 Å². The molecule has 1 heterocycles. The van der Waals surface area contributed by atoms with Crippen molar-refractivity contribution in [2.24, 2.45) is 5.92 Å². The number of hydrogen-bond acceptors (Lipinski definition) is 6. The monoisotopic (exact) mass is 425 g/mol. The predicted molar refractivity (Wildman–Crippen MR) is 120 cm³/mol. The predicted octanol–water partition coefficient (Wildman–Crippen LogP) is 5.75. The second-order valence-corrected chi connectivity index (χ2v) is 7.75. The van der Waals surface area contributed by atoms with Crippen LogP contribution in [0.25, 0.3) is 11.0 Å². The molecule has 0 radical (unpaired) electrons. The molecule has 6 nitrogen and oxygen atoms in total. The lowest BCUT2D eigenvalue weighted by molar-refractivity contribution is -0.137. The lowest BCUT2D eigenvalue weighted by atomic mass is 10.0. The molecule has 0 aliphatic carbocycles. The Hall–Kier alpha value is -3.02. The molecule has 0 unspecified atom stereocenters. The number of rotatable bonds is 11. The Kier molecular flexibility index (Phi) is 7.93. The first-order chi connectivity index (χ1) is 15.0. The van der Waals surface area contributed by atoms with Gasteiger partial charge in [0.25, 0.3) is 0 Å². The molecule has 0 bridgehead atoms. The molecule has 0 spiro atoms. The lowest BCUT2D eigenvalue weighted by Gasteiger charge is -2.12. The Morgan fingerprint density at radius 3 is 2.39 bits per heavy atom. The molecule has 3 rings (SSSR count). The van der Waals surface area contributed by atoms with Crippen molar-refractivity contribution in [3.63, 3.8) is 0 Å². The van der Waals surface area contributed by atoms with Gasteiger partial charge in [0.05, 0.1) is 24.8 Å². The Labute approximate surface area is 183 Å². The summed E-state index contributed by atoms with van der Waals surface area (Å²) in [6.07, 6.45) is 3.47. The molecular weight excluding hydrogens is 394 g/mol. The van der Waals surface area contributed by atoms with Crippen LogP contribution in [0.15, 0.2) is 40.9 Å². The summed E-state index contributed by atoms with van der Waals surface area (Å²) < 4.78 is 22.7. The summed E-state index contributed by atoms with van der Waals surface area (Å²) in [7, 11) is 0. The molecule has 3 aromatic rings. The number of esters is 1. The van der Waals surface area contributed by atoms with Crippen LogP contribution in [0.4, 0.5) is 0 Å². The maximum absolute atomic E-state index is 11.6. The quantitative estimate of drug-likeness (QED) is 0.221. The highest BCUT2D eigenvalue weighted by molar-refractivity contribution is 5.84. The zero-order chi connectivity index (χ0) is 22.2. The number of nitrogens with zero attached hydrogens (tertiary/aromatic N) is 1. The molecule has 0 aliphatic heterocycles. The van der Waals surface area contributed by atoms with Crippen molar-refractivity contribution in [2.45, 2.75) is 53.4 Å². The van der Waals surface area contributed by atoms with Gasteiger partial charge in [0.15, 0.2) is 5.58 Å². The van der Waals surface area contributed by atoms with Gasteiger partial charge in [0, 0.05) is 17.4 Å². The van der Waals surface area contributed by atoms with E-state index in [1.165, 1.54) is 0 Å². The molecule has 166 valence electrons. The standard InChI is InChI=1S/C25H31NO5/c1-5-8-21-23(14-13-20-22(6-2)26-31-24(20)21)29-16-7-15-28-18-9-11-19(12-10-18)30-25(27)17(3)4/h9-14,17H,5-8,15-16H2,1-4H3. The second kappa shape index (κ2) is 10.8. The largest absolute Gasteiger partial charge is 0.493 e. The fourth-order valence-electron chi connectivity index (χ4n) is 3.24. The van der Waals surface area contributed by atoms with Gasteiger partial charge in [-0.2, -0.15) is 0 Å². The highest BCUT2D eigenvalue weighted by Crippen LogP contribution is 2.31. The number of ether oxygens (including phenoxy) is 3. The maximum atomic E-state index is 11.6. The van der Waals surface area contributed by atoms with Crippen LogP contribution in [-0.4, -0.2) is 24.3 Å². The maximum Gasteiger partial charge on any atom is 0.313 e. The van der Waals surface area contributed by atoms with E-state index >= 15 is 0 Å².